The SMILES string of the molecule is C[C@@H](N)C(O)c1cccc2ccccc12. The summed E-state index contributed by atoms with van der Waals surface area (Å²) in [4.78, 5) is 0. The fourth-order valence-corrected chi connectivity index (χ4v) is 1.79. The van der Waals surface area contributed by atoms with Gasteiger partial charge in [0.1, 0.15) is 0 Å². The zero-order chi connectivity index (χ0) is 10.8. The molecular weight excluding hydrogens is 186 g/mol. The summed E-state index contributed by atoms with van der Waals surface area (Å²) < 4.78 is 0. The third-order valence-corrected chi connectivity index (χ3v) is 2.64. The minimum absolute atomic E-state index is 0.254. The van der Waals surface area contributed by atoms with E-state index in [1.54, 1.807) is 0 Å². The van der Waals surface area contributed by atoms with Crippen LogP contribution in [0.1, 0.15) is 18.6 Å². The minimum Gasteiger partial charge on any atom is -0.387 e. The van der Waals surface area contributed by atoms with Gasteiger partial charge in [0, 0.05) is 6.04 Å². The number of hydrogen-bond acceptors (Lipinski definition) is 2. The number of fused-ring (bicyclic) bond motifs is 1. The predicted octanol–water partition coefficient (Wildman–Crippen LogP) is 2.22. The van der Waals surface area contributed by atoms with E-state index in [2.05, 4.69) is 0 Å². The first-order valence-corrected chi connectivity index (χ1v) is 5.11. The molecule has 0 aliphatic heterocycles. The lowest BCUT2D eigenvalue weighted by molar-refractivity contribution is 0.155. The molecule has 0 spiro atoms. The number of benzene rings is 2. The zero-order valence-corrected chi connectivity index (χ0v) is 8.72. The van der Waals surface area contributed by atoms with Crippen molar-refractivity contribution in [3.8, 4) is 0 Å². The summed E-state index contributed by atoms with van der Waals surface area (Å²) in [5.41, 5.74) is 6.61. The minimum atomic E-state index is -0.601. The molecule has 0 bridgehead atoms. The molecule has 1 unspecified atom stereocenters. The monoisotopic (exact) mass is 201 g/mol. The topological polar surface area (TPSA) is 46.2 Å². The normalized spacial score (nSPS) is 15.1. The van der Waals surface area contributed by atoms with Gasteiger partial charge < -0.3 is 10.8 Å². The Bertz CT molecular complexity index is 460. The second kappa shape index (κ2) is 4.01. The van der Waals surface area contributed by atoms with Crippen LogP contribution >= 0.6 is 0 Å². The van der Waals surface area contributed by atoms with Gasteiger partial charge in [-0.25, -0.2) is 0 Å². The lowest BCUT2D eigenvalue weighted by atomic mass is 9.97. The number of hydrogen-bond donors (Lipinski definition) is 2. The lowest BCUT2D eigenvalue weighted by Gasteiger charge is -2.16. The molecule has 0 amide bonds. The Morgan fingerprint density at radius 1 is 1.07 bits per heavy atom. The molecule has 0 aromatic heterocycles. The van der Waals surface area contributed by atoms with E-state index in [1.807, 2.05) is 49.4 Å². The Balaban J connectivity index is 2.60. The summed E-state index contributed by atoms with van der Waals surface area (Å²) in [5.74, 6) is 0. The van der Waals surface area contributed by atoms with Crippen LogP contribution in [0.25, 0.3) is 10.8 Å². The van der Waals surface area contributed by atoms with Crippen LogP contribution in [0.4, 0.5) is 0 Å². The van der Waals surface area contributed by atoms with E-state index in [0.29, 0.717) is 0 Å². The maximum Gasteiger partial charge on any atom is 0.0944 e. The van der Waals surface area contributed by atoms with Crippen molar-refractivity contribution >= 4 is 10.8 Å². The highest BCUT2D eigenvalue weighted by Gasteiger charge is 2.14. The molecule has 2 rings (SSSR count). The van der Waals surface area contributed by atoms with Gasteiger partial charge in [-0.1, -0.05) is 42.5 Å². The van der Waals surface area contributed by atoms with Gasteiger partial charge >= 0.3 is 0 Å². The van der Waals surface area contributed by atoms with Crippen LogP contribution in [-0.4, -0.2) is 11.1 Å². The molecule has 2 aromatic rings. The fourth-order valence-electron chi connectivity index (χ4n) is 1.79. The molecule has 15 heavy (non-hydrogen) atoms. The highest BCUT2D eigenvalue weighted by atomic mass is 16.3. The quantitative estimate of drug-likeness (QED) is 0.782. The van der Waals surface area contributed by atoms with Gasteiger partial charge in [-0.05, 0) is 23.3 Å². The van der Waals surface area contributed by atoms with Crippen molar-refractivity contribution < 1.29 is 5.11 Å². The summed E-state index contributed by atoms with van der Waals surface area (Å²) in [6, 6.07) is 13.7. The molecule has 2 aromatic carbocycles. The molecule has 0 saturated carbocycles. The van der Waals surface area contributed by atoms with Gasteiger partial charge in [0.15, 0.2) is 0 Å². The van der Waals surface area contributed by atoms with Crippen LogP contribution in [0.15, 0.2) is 42.5 Å². The average Bonchev–Trinajstić information content (AvgIpc) is 2.27. The van der Waals surface area contributed by atoms with Gasteiger partial charge in [-0.15, -0.1) is 0 Å². The maximum absolute atomic E-state index is 9.97. The Morgan fingerprint density at radius 2 is 1.73 bits per heavy atom. The van der Waals surface area contributed by atoms with Gasteiger partial charge in [0.2, 0.25) is 0 Å². The Labute approximate surface area is 89.3 Å². The van der Waals surface area contributed by atoms with Crippen molar-refractivity contribution in [1.29, 1.82) is 0 Å². The molecule has 0 radical (unpaired) electrons. The lowest BCUT2D eigenvalue weighted by Crippen LogP contribution is -2.24. The van der Waals surface area contributed by atoms with Crippen molar-refractivity contribution in [2.24, 2.45) is 5.73 Å². The summed E-state index contributed by atoms with van der Waals surface area (Å²) in [7, 11) is 0. The van der Waals surface area contributed by atoms with Crippen molar-refractivity contribution in [2.75, 3.05) is 0 Å². The second-order valence-corrected chi connectivity index (χ2v) is 3.87. The van der Waals surface area contributed by atoms with Crippen LogP contribution in [0, 0.1) is 0 Å². The van der Waals surface area contributed by atoms with Gasteiger partial charge in [0.05, 0.1) is 6.10 Å². The number of nitrogens with two attached hydrogens (primary N) is 1. The van der Waals surface area contributed by atoms with Crippen molar-refractivity contribution in [1.82, 2.24) is 0 Å². The highest BCUT2D eigenvalue weighted by molar-refractivity contribution is 5.86. The van der Waals surface area contributed by atoms with E-state index in [4.69, 9.17) is 5.73 Å². The second-order valence-electron chi connectivity index (χ2n) is 3.87. The van der Waals surface area contributed by atoms with Gasteiger partial charge in [-0.2, -0.15) is 0 Å². The molecule has 2 heteroatoms. The molecule has 2 atom stereocenters. The number of aliphatic hydroxyl groups is 1. The zero-order valence-electron chi connectivity index (χ0n) is 8.72. The van der Waals surface area contributed by atoms with Gasteiger partial charge in [-0.3, -0.25) is 0 Å². The summed E-state index contributed by atoms with van der Waals surface area (Å²) in [6.07, 6.45) is -0.601. The first-order chi connectivity index (χ1) is 7.20. The van der Waals surface area contributed by atoms with Crippen LogP contribution in [0.3, 0.4) is 0 Å². The summed E-state index contributed by atoms with van der Waals surface area (Å²) >= 11 is 0. The van der Waals surface area contributed by atoms with Gasteiger partial charge in [0.25, 0.3) is 0 Å². The molecule has 78 valence electrons. The van der Waals surface area contributed by atoms with Crippen LogP contribution in [0.5, 0.6) is 0 Å². The summed E-state index contributed by atoms with van der Waals surface area (Å²) in [5, 5.41) is 12.2. The fraction of sp³-hybridized carbons (Fsp3) is 0.231. The van der Waals surface area contributed by atoms with Crippen LogP contribution in [0.2, 0.25) is 0 Å². The van der Waals surface area contributed by atoms with Crippen molar-refractivity contribution in [2.45, 2.75) is 19.1 Å². The van der Waals surface area contributed by atoms with E-state index in [-0.39, 0.29) is 6.04 Å². The molecule has 0 aliphatic carbocycles. The van der Waals surface area contributed by atoms with E-state index >= 15 is 0 Å². The largest absolute Gasteiger partial charge is 0.387 e. The highest BCUT2D eigenvalue weighted by Crippen LogP contribution is 2.25. The first kappa shape index (κ1) is 10.1. The Kier molecular flexibility index (Phi) is 2.71. The molecule has 0 aliphatic rings. The predicted molar refractivity (Wildman–Crippen MR) is 62.6 cm³/mol. The smallest absolute Gasteiger partial charge is 0.0944 e. The van der Waals surface area contributed by atoms with E-state index in [0.717, 1.165) is 16.3 Å². The number of aliphatic hydroxyl groups excluding tert-OH is 1. The third kappa shape index (κ3) is 1.87. The Morgan fingerprint density at radius 3 is 2.47 bits per heavy atom. The molecule has 0 saturated heterocycles. The third-order valence-electron chi connectivity index (χ3n) is 2.64. The Hall–Kier alpha value is -1.38. The maximum atomic E-state index is 9.97. The van der Waals surface area contributed by atoms with E-state index in [9.17, 15) is 5.11 Å². The van der Waals surface area contributed by atoms with Crippen molar-refractivity contribution in [3.63, 3.8) is 0 Å². The average molecular weight is 201 g/mol. The number of rotatable bonds is 2. The first-order valence-electron chi connectivity index (χ1n) is 5.11. The molecular formula is C13H15NO. The van der Waals surface area contributed by atoms with Crippen LogP contribution < -0.4 is 5.73 Å². The molecule has 2 nitrogen and oxygen atoms in total. The van der Waals surface area contributed by atoms with E-state index < -0.39 is 6.10 Å². The molecule has 0 fully saturated rings. The van der Waals surface area contributed by atoms with Crippen molar-refractivity contribution in [3.05, 3.63) is 48.0 Å². The van der Waals surface area contributed by atoms with E-state index in [1.165, 1.54) is 0 Å². The molecule has 0 heterocycles. The molecule has 3 N–H and O–H groups in total. The standard InChI is InChI=1S/C13H15NO/c1-9(14)13(15)12-8-4-6-10-5-2-3-7-11(10)12/h2-9,13,15H,14H2,1H3/t9-,13?/m1/s1. The van der Waals surface area contributed by atoms with Crippen LogP contribution in [-0.2, 0) is 0 Å². The summed E-state index contributed by atoms with van der Waals surface area (Å²) in [6.45, 7) is 1.81.